The van der Waals surface area contributed by atoms with Crippen LogP contribution in [0, 0.1) is 0 Å². The highest BCUT2D eigenvalue weighted by molar-refractivity contribution is 5.79. The van der Waals surface area contributed by atoms with Crippen LogP contribution in [0.2, 0.25) is 0 Å². The average molecular weight is 295 g/mol. The Morgan fingerprint density at radius 1 is 1.00 bits per heavy atom. The van der Waals surface area contributed by atoms with Crippen LogP contribution in [0.25, 0.3) is 0 Å². The summed E-state index contributed by atoms with van der Waals surface area (Å²) in [6, 6.07) is 16.4. The molecule has 2 heterocycles. The first-order valence-corrected chi connectivity index (χ1v) is 7.34. The molecule has 112 valence electrons. The molecule has 0 saturated carbocycles. The highest BCUT2D eigenvalue weighted by atomic mass is 16.7. The monoisotopic (exact) mass is 295 g/mol. The molecule has 0 aliphatic carbocycles. The van der Waals surface area contributed by atoms with Crippen LogP contribution >= 0.6 is 0 Å². The molecule has 0 fully saturated rings. The maximum absolute atomic E-state index is 5.99. The number of nitrogens with two attached hydrogens (primary N) is 1. The molecule has 3 N–H and O–H groups in total. The SMILES string of the molecule is NC1=NC(c2ccc3c(c2)OCO3)CC(c2ccccc2)N1. The van der Waals surface area contributed by atoms with Gasteiger partial charge in [0, 0.05) is 0 Å². The Morgan fingerprint density at radius 2 is 1.82 bits per heavy atom. The highest BCUT2D eigenvalue weighted by Gasteiger charge is 2.26. The Labute approximate surface area is 128 Å². The smallest absolute Gasteiger partial charge is 0.231 e. The van der Waals surface area contributed by atoms with E-state index in [4.69, 9.17) is 15.2 Å². The molecule has 0 spiro atoms. The number of nitrogens with zero attached hydrogens (tertiary/aromatic N) is 1. The van der Waals surface area contributed by atoms with Gasteiger partial charge in [-0.1, -0.05) is 36.4 Å². The molecular weight excluding hydrogens is 278 g/mol. The van der Waals surface area contributed by atoms with E-state index in [1.165, 1.54) is 5.56 Å². The van der Waals surface area contributed by atoms with Crippen molar-refractivity contribution in [1.82, 2.24) is 5.32 Å². The quantitative estimate of drug-likeness (QED) is 0.893. The summed E-state index contributed by atoms with van der Waals surface area (Å²) < 4.78 is 10.8. The van der Waals surface area contributed by atoms with E-state index in [1.54, 1.807) is 0 Å². The zero-order valence-corrected chi connectivity index (χ0v) is 12.0. The van der Waals surface area contributed by atoms with Crippen LogP contribution in [0.5, 0.6) is 11.5 Å². The van der Waals surface area contributed by atoms with Crippen molar-refractivity contribution in [1.29, 1.82) is 0 Å². The molecule has 22 heavy (non-hydrogen) atoms. The summed E-state index contributed by atoms with van der Waals surface area (Å²) >= 11 is 0. The van der Waals surface area contributed by atoms with Gasteiger partial charge in [0.1, 0.15) is 0 Å². The molecule has 0 saturated heterocycles. The molecule has 2 unspecified atom stereocenters. The Balaban J connectivity index is 1.63. The van der Waals surface area contributed by atoms with E-state index in [0.717, 1.165) is 23.5 Å². The summed E-state index contributed by atoms with van der Waals surface area (Å²) in [6.45, 7) is 0.281. The molecule has 2 atom stereocenters. The molecule has 2 aromatic carbocycles. The van der Waals surface area contributed by atoms with Crippen molar-refractivity contribution in [2.24, 2.45) is 10.7 Å². The Hall–Kier alpha value is -2.69. The fourth-order valence-electron chi connectivity index (χ4n) is 2.95. The number of hydrogen-bond acceptors (Lipinski definition) is 5. The number of ether oxygens (including phenoxy) is 2. The van der Waals surface area contributed by atoms with Gasteiger partial charge in [0.15, 0.2) is 17.5 Å². The van der Waals surface area contributed by atoms with Crippen LogP contribution in [0.3, 0.4) is 0 Å². The lowest BCUT2D eigenvalue weighted by molar-refractivity contribution is 0.174. The second-order valence-electron chi connectivity index (χ2n) is 5.49. The molecule has 4 rings (SSSR count). The normalized spacial score (nSPS) is 22.8. The van der Waals surface area contributed by atoms with Crippen molar-refractivity contribution in [3.8, 4) is 11.5 Å². The topological polar surface area (TPSA) is 68.9 Å². The lowest BCUT2D eigenvalue weighted by Crippen LogP contribution is -2.39. The Morgan fingerprint density at radius 3 is 2.68 bits per heavy atom. The number of aliphatic imine (C=N–C) groups is 1. The van der Waals surface area contributed by atoms with Crippen LogP contribution in [0.15, 0.2) is 53.5 Å². The molecule has 2 aromatic rings. The van der Waals surface area contributed by atoms with Gasteiger partial charge < -0.3 is 20.5 Å². The Bertz CT molecular complexity index is 715. The van der Waals surface area contributed by atoms with Gasteiger partial charge in [-0.2, -0.15) is 0 Å². The molecular formula is C17H17N3O2. The largest absolute Gasteiger partial charge is 0.454 e. The fourth-order valence-corrected chi connectivity index (χ4v) is 2.95. The van der Waals surface area contributed by atoms with Crippen molar-refractivity contribution in [2.75, 3.05) is 6.79 Å². The zero-order valence-electron chi connectivity index (χ0n) is 12.0. The van der Waals surface area contributed by atoms with Gasteiger partial charge in [0.25, 0.3) is 0 Å². The number of fused-ring (bicyclic) bond motifs is 1. The number of hydrogen-bond donors (Lipinski definition) is 2. The third-order valence-electron chi connectivity index (χ3n) is 4.06. The molecule has 2 aliphatic heterocycles. The van der Waals surface area contributed by atoms with Gasteiger partial charge in [-0.05, 0) is 29.7 Å². The molecule has 0 radical (unpaired) electrons. The third kappa shape index (κ3) is 2.35. The van der Waals surface area contributed by atoms with Gasteiger partial charge in [0.2, 0.25) is 6.79 Å². The molecule has 0 amide bonds. The summed E-state index contributed by atoms with van der Waals surface area (Å²) in [7, 11) is 0. The first-order valence-electron chi connectivity index (χ1n) is 7.34. The standard InChI is InChI=1S/C17H17N3O2/c18-17-19-13(11-4-2-1-3-5-11)9-14(20-17)12-6-7-15-16(8-12)22-10-21-15/h1-8,13-14H,9-10H2,(H3,18,19,20). The van der Waals surface area contributed by atoms with E-state index in [1.807, 2.05) is 36.4 Å². The van der Waals surface area contributed by atoms with Crippen LogP contribution < -0.4 is 20.5 Å². The minimum absolute atomic E-state index is 0.0148. The highest BCUT2D eigenvalue weighted by Crippen LogP contribution is 2.38. The summed E-state index contributed by atoms with van der Waals surface area (Å²) in [6.07, 6.45) is 0.852. The third-order valence-corrected chi connectivity index (χ3v) is 4.06. The second kappa shape index (κ2) is 5.26. The number of benzene rings is 2. The zero-order chi connectivity index (χ0) is 14.9. The van der Waals surface area contributed by atoms with Crippen molar-refractivity contribution < 1.29 is 9.47 Å². The minimum atomic E-state index is 0.0148. The lowest BCUT2D eigenvalue weighted by atomic mass is 9.94. The molecule has 0 bridgehead atoms. The summed E-state index contributed by atoms with van der Waals surface area (Å²) in [5, 5.41) is 3.26. The summed E-state index contributed by atoms with van der Waals surface area (Å²) in [5.74, 6) is 2.04. The van der Waals surface area contributed by atoms with E-state index in [0.29, 0.717) is 5.96 Å². The fraction of sp³-hybridized carbons (Fsp3) is 0.235. The van der Waals surface area contributed by atoms with E-state index in [9.17, 15) is 0 Å². The van der Waals surface area contributed by atoms with Crippen LogP contribution in [0.1, 0.15) is 29.6 Å². The van der Waals surface area contributed by atoms with Gasteiger partial charge >= 0.3 is 0 Å². The summed E-state index contributed by atoms with van der Waals surface area (Å²) in [4.78, 5) is 4.54. The van der Waals surface area contributed by atoms with E-state index in [-0.39, 0.29) is 18.9 Å². The number of rotatable bonds is 2. The number of guanidine groups is 1. The van der Waals surface area contributed by atoms with Crippen molar-refractivity contribution in [3.05, 3.63) is 59.7 Å². The Kier molecular flexibility index (Phi) is 3.11. The minimum Gasteiger partial charge on any atom is -0.454 e. The van der Waals surface area contributed by atoms with Crippen LogP contribution in [-0.2, 0) is 0 Å². The van der Waals surface area contributed by atoms with Gasteiger partial charge in [-0.3, -0.25) is 0 Å². The van der Waals surface area contributed by atoms with Gasteiger partial charge in [0.05, 0.1) is 12.1 Å². The van der Waals surface area contributed by atoms with Crippen molar-refractivity contribution >= 4 is 5.96 Å². The van der Waals surface area contributed by atoms with Gasteiger partial charge in [-0.15, -0.1) is 0 Å². The van der Waals surface area contributed by atoms with Crippen molar-refractivity contribution in [2.45, 2.75) is 18.5 Å². The van der Waals surface area contributed by atoms with Crippen molar-refractivity contribution in [3.63, 3.8) is 0 Å². The predicted molar refractivity (Wildman–Crippen MR) is 83.9 cm³/mol. The molecule has 2 aliphatic rings. The van der Waals surface area contributed by atoms with Crippen LogP contribution in [0.4, 0.5) is 0 Å². The first kappa shape index (κ1) is 13.0. The van der Waals surface area contributed by atoms with E-state index in [2.05, 4.69) is 22.4 Å². The van der Waals surface area contributed by atoms with E-state index < -0.39 is 0 Å². The molecule has 5 heteroatoms. The predicted octanol–water partition coefficient (Wildman–Crippen LogP) is 2.51. The first-order chi connectivity index (χ1) is 10.8. The molecule has 0 aromatic heterocycles. The molecule has 5 nitrogen and oxygen atoms in total. The average Bonchev–Trinajstić information content (AvgIpc) is 3.02. The lowest BCUT2D eigenvalue weighted by Gasteiger charge is -2.28. The number of nitrogens with one attached hydrogen (secondary N) is 1. The maximum atomic E-state index is 5.99. The summed E-state index contributed by atoms with van der Waals surface area (Å²) in [5.41, 5.74) is 8.29. The maximum Gasteiger partial charge on any atom is 0.231 e. The van der Waals surface area contributed by atoms with Crippen LogP contribution in [-0.4, -0.2) is 12.8 Å². The second-order valence-corrected chi connectivity index (χ2v) is 5.49. The van der Waals surface area contributed by atoms with Gasteiger partial charge in [-0.25, -0.2) is 4.99 Å². The van der Waals surface area contributed by atoms with E-state index >= 15 is 0 Å².